The maximum atomic E-state index is 11.1. The van der Waals surface area contributed by atoms with Crippen molar-refractivity contribution in [3.8, 4) is 23.0 Å². The van der Waals surface area contributed by atoms with E-state index in [0.29, 0.717) is 62.4 Å². The van der Waals surface area contributed by atoms with E-state index in [4.69, 9.17) is 50.2 Å². The van der Waals surface area contributed by atoms with Crippen molar-refractivity contribution in [1.29, 1.82) is 0 Å². The zero-order valence-corrected chi connectivity index (χ0v) is 31.0. The van der Waals surface area contributed by atoms with Gasteiger partial charge in [0.15, 0.2) is 0 Å². The summed E-state index contributed by atoms with van der Waals surface area (Å²) in [4.78, 5) is 21.9. The molecule has 4 aromatic carbocycles. The first-order valence-electron chi connectivity index (χ1n) is 16.0. The summed E-state index contributed by atoms with van der Waals surface area (Å²) in [6, 6.07) is 27.7. The molecule has 4 rings (SSSR count). The average Bonchev–Trinajstić information content (AvgIpc) is 3.19. The summed E-state index contributed by atoms with van der Waals surface area (Å²) in [6.45, 7) is 3.43. The zero-order chi connectivity index (χ0) is 38.4. The lowest BCUT2D eigenvalue weighted by Crippen LogP contribution is -2.05. The second-order valence-electron chi connectivity index (χ2n) is 10.2. The molecule has 284 valence electrons. The summed E-state index contributed by atoms with van der Waals surface area (Å²) in [6.07, 6.45) is 0. The van der Waals surface area contributed by atoms with Crippen LogP contribution in [0.1, 0.15) is 31.8 Å². The van der Waals surface area contributed by atoms with Gasteiger partial charge in [0, 0.05) is 27.2 Å². The van der Waals surface area contributed by atoms with Crippen LogP contribution in [0.3, 0.4) is 0 Å². The van der Waals surface area contributed by atoms with E-state index in [2.05, 4.69) is 9.47 Å². The Morgan fingerprint density at radius 2 is 0.827 bits per heavy atom. The molecule has 0 bridgehead atoms. The van der Waals surface area contributed by atoms with Crippen molar-refractivity contribution in [2.45, 2.75) is 12.5 Å². The molecule has 0 aliphatic carbocycles. The standard InChI is InChI=1S/C11H14O4.C10H13ClO2.C10H14O3.C8H8O3/c1-13-7-8-15-10-5-3-9(4-6-10)11(12)14-2;2*1-12-6-7-13-10-4-2-9(8-11)3-5-10;1-11-8(10)6-2-4-7(9)5-3-6/h3-6H,7-8H2,1-2H3;2-5H,6-8H2,1H3;2-5,11H,6-8H2,1H3;2-5,9H,1H3. The largest absolute Gasteiger partial charge is 0.508 e. The molecule has 0 saturated carbocycles. The SMILES string of the molecule is COC(=O)c1ccc(O)cc1.COCCOc1ccc(C(=O)OC)cc1.COCCOc1ccc(CCl)cc1.COCCOc1ccc(CO)cc1. The van der Waals surface area contributed by atoms with Crippen LogP contribution >= 0.6 is 11.6 Å². The number of methoxy groups -OCH3 is 5. The van der Waals surface area contributed by atoms with Crippen LogP contribution in [0.5, 0.6) is 23.0 Å². The number of esters is 2. The number of hydrogen-bond acceptors (Lipinski definition) is 12. The molecule has 0 aliphatic heterocycles. The molecule has 0 amide bonds. The van der Waals surface area contributed by atoms with Crippen LogP contribution in [0.2, 0.25) is 0 Å². The van der Waals surface area contributed by atoms with Crippen molar-refractivity contribution in [2.75, 3.05) is 75.2 Å². The van der Waals surface area contributed by atoms with Gasteiger partial charge in [-0.15, -0.1) is 11.6 Å². The second-order valence-corrected chi connectivity index (χ2v) is 10.4. The smallest absolute Gasteiger partial charge is 0.337 e. The molecule has 13 heteroatoms. The Morgan fingerprint density at radius 3 is 1.13 bits per heavy atom. The maximum absolute atomic E-state index is 11.1. The van der Waals surface area contributed by atoms with E-state index in [1.54, 1.807) is 45.6 Å². The predicted molar refractivity (Wildman–Crippen MR) is 198 cm³/mol. The summed E-state index contributed by atoms with van der Waals surface area (Å²) in [5.74, 6) is 2.29. The van der Waals surface area contributed by atoms with Crippen LogP contribution in [0.15, 0.2) is 97.1 Å². The number of ether oxygens (including phenoxy) is 8. The van der Waals surface area contributed by atoms with Gasteiger partial charge in [0.25, 0.3) is 0 Å². The summed E-state index contributed by atoms with van der Waals surface area (Å²) in [5.41, 5.74) is 2.93. The van der Waals surface area contributed by atoms with Crippen molar-refractivity contribution in [2.24, 2.45) is 0 Å². The molecule has 0 unspecified atom stereocenters. The molecule has 0 aromatic heterocycles. The summed E-state index contributed by atoms with van der Waals surface area (Å²) < 4.78 is 39.6. The highest BCUT2D eigenvalue weighted by Crippen LogP contribution is 2.15. The lowest BCUT2D eigenvalue weighted by Gasteiger charge is -2.05. The Hall–Kier alpha value is -4.85. The van der Waals surface area contributed by atoms with Gasteiger partial charge in [-0.2, -0.15) is 0 Å². The maximum Gasteiger partial charge on any atom is 0.337 e. The minimum absolute atomic E-state index is 0.0678. The van der Waals surface area contributed by atoms with Crippen LogP contribution in [0.4, 0.5) is 0 Å². The molecule has 0 saturated heterocycles. The molecule has 0 aliphatic rings. The van der Waals surface area contributed by atoms with Crippen molar-refractivity contribution < 1.29 is 57.7 Å². The van der Waals surface area contributed by atoms with Crippen LogP contribution in [-0.2, 0) is 36.2 Å². The third-order valence-electron chi connectivity index (χ3n) is 6.42. The third-order valence-corrected chi connectivity index (χ3v) is 6.72. The Balaban J connectivity index is 0.000000348. The molecular weight excluding hydrogens is 696 g/mol. The summed E-state index contributed by atoms with van der Waals surface area (Å²) in [7, 11) is 7.57. The third kappa shape index (κ3) is 20.1. The molecular formula is C39H49ClO12. The quantitative estimate of drug-likeness (QED) is 0.0750. The van der Waals surface area contributed by atoms with Crippen LogP contribution in [0, 0.1) is 0 Å². The topological polar surface area (TPSA) is 148 Å². The molecule has 0 heterocycles. The first-order valence-corrected chi connectivity index (χ1v) is 16.5. The van der Waals surface area contributed by atoms with Crippen LogP contribution in [0.25, 0.3) is 0 Å². The van der Waals surface area contributed by atoms with E-state index in [9.17, 15) is 9.59 Å². The first kappa shape index (κ1) is 45.2. The fourth-order valence-corrected chi connectivity index (χ4v) is 3.79. The van der Waals surface area contributed by atoms with Gasteiger partial charge < -0.3 is 48.1 Å². The Bertz CT molecular complexity index is 1430. The van der Waals surface area contributed by atoms with E-state index in [0.717, 1.165) is 22.6 Å². The van der Waals surface area contributed by atoms with Crippen molar-refractivity contribution in [1.82, 2.24) is 0 Å². The van der Waals surface area contributed by atoms with Crippen molar-refractivity contribution >= 4 is 23.5 Å². The molecule has 0 radical (unpaired) electrons. The van der Waals surface area contributed by atoms with Crippen LogP contribution in [-0.4, -0.2) is 97.3 Å². The summed E-state index contributed by atoms with van der Waals surface area (Å²) in [5, 5.41) is 17.6. The van der Waals surface area contributed by atoms with Gasteiger partial charge in [-0.1, -0.05) is 24.3 Å². The van der Waals surface area contributed by atoms with E-state index in [1.807, 2.05) is 48.5 Å². The van der Waals surface area contributed by atoms with Crippen molar-refractivity contribution in [3.05, 3.63) is 119 Å². The number of hydrogen-bond donors (Lipinski definition) is 2. The number of halogens is 1. The molecule has 0 fully saturated rings. The van der Waals surface area contributed by atoms with E-state index >= 15 is 0 Å². The number of alkyl halides is 1. The first-order chi connectivity index (χ1) is 25.2. The number of aliphatic hydroxyl groups is 1. The zero-order valence-electron chi connectivity index (χ0n) is 30.2. The Kier molecular flexibility index (Phi) is 25.0. The van der Waals surface area contributed by atoms with Crippen LogP contribution < -0.4 is 14.2 Å². The number of aliphatic hydroxyl groups excluding tert-OH is 1. The van der Waals surface area contributed by atoms with Gasteiger partial charge in [0.05, 0.1) is 51.8 Å². The second kappa shape index (κ2) is 28.8. The Labute approximate surface area is 310 Å². The summed E-state index contributed by atoms with van der Waals surface area (Å²) >= 11 is 5.65. The van der Waals surface area contributed by atoms with E-state index in [-0.39, 0.29) is 18.3 Å². The average molecular weight is 745 g/mol. The lowest BCUT2D eigenvalue weighted by molar-refractivity contribution is 0.0591. The van der Waals surface area contributed by atoms with Gasteiger partial charge in [0.2, 0.25) is 0 Å². The number of aromatic hydroxyl groups is 1. The normalized spacial score (nSPS) is 9.75. The number of carbonyl (C=O) groups excluding carboxylic acids is 2. The predicted octanol–water partition coefficient (Wildman–Crippen LogP) is 6.33. The molecule has 12 nitrogen and oxygen atoms in total. The molecule has 52 heavy (non-hydrogen) atoms. The number of phenols is 1. The molecule has 4 aromatic rings. The van der Waals surface area contributed by atoms with Gasteiger partial charge in [-0.05, 0) is 83.9 Å². The lowest BCUT2D eigenvalue weighted by atomic mass is 10.2. The van der Waals surface area contributed by atoms with Gasteiger partial charge in [0.1, 0.15) is 42.8 Å². The number of carbonyl (C=O) groups is 2. The highest BCUT2D eigenvalue weighted by atomic mass is 35.5. The highest BCUT2D eigenvalue weighted by molar-refractivity contribution is 6.17. The minimum atomic E-state index is -0.398. The monoisotopic (exact) mass is 744 g/mol. The number of rotatable bonds is 16. The number of phenolic OH excluding ortho intramolecular Hbond substituents is 1. The fourth-order valence-electron chi connectivity index (χ4n) is 3.61. The van der Waals surface area contributed by atoms with Gasteiger partial charge in [-0.3, -0.25) is 0 Å². The molecule has 0 spiro atoms. The van der Waals surface area contributed by atoms with E-state index in [1.165, 1.54) is 38.5 Å². The fraction of sp³-hybridized carbons (Fsp3) is 0.333. The van der Waals surface area contributed by atoms with Gasteiger partial charge >= 0.3 is 11.9 Å². The highest BCUT2D eigenvalue weighted by Gasteiger charge is 2.05. The van der Waals surface area contributed by atoms with Gasteiger partial charge in [-0.25, -0.2) is 9.59 Å². The van der Waals surface area contributed by atoms with E-state index < -0.39 is 5.97 Å². The van der Waals surface area contributed by atoms with Crippen molar-refractivity contribution in [3.63, 3.8) is 0 Å². The number of benzene rings is 4. The molecule has 2 N–H and O–H groups in total. The minimum Gasteiger partial charge on any atom is -0.508 e. The molecule has 0 atom stereocenters. The Morgan fingerprint density at radius 1 is 0.500 bits per heavy atom.